The molecule has 1 amide bonds. The third kappa shape index (κ3) is 7.81. The number of amides is 1. The minimum absolute atomic E-state index is 0. The van der Waals surface area contributed by atoms with Gasteiger partial charge < -0.3 is 49.2 Å². The van der Waals surface area contributed by atoms with E-state index in [1.807, 2.05) is 30.3 Å². The van der Waals surface area contributed by atoms with Crippen LogP contribution in [0.3, 0.4) is 0 Å². The van der Waals surface area contributed by atoms with Gasteiger partial charge in [0, 0.05) is 6.07 Å². The van der Waals surface area contributed by atoms with E-state index in [1.165, 1.54) is 12.4 Å². The number of imidazole rings is 1. The summed E-state index contributed by atoms with van der Waals surface area (Å²) >= 11 is 0. The summed E-state index contributed by atoms with van der Waals surface area (Å²) in [4.78, 5) is 49.8. The molecule has 0 unspecified atom stereocenters. The van der Waals surface area contributed by atoms with Crippen LogP contribution in [0.2, 0.25) is 0 Å². The molecular weight excluding hydrogens is 611 g/mol. The van der Waals surface area contributed by atoms with Gasteiger partial charge in [-0.25, -0.2) is 9.78 Å². The predicted octanol–water partition coefficient (Wildman–Crippen LogP) is -3.47. The number of carbonyl (C=O) groups excluding carboxylic acids is 2. The summed E-state index contributed by atoms with van der Waals surface area (Å²) in [6.07, 6.45) is -9.60. The van der Waals surface area contributed by atoms with E-state index in [-0.39, 0.29) is 59.2 Å². The molecule has 1 aliphatic heterocycles. The van der Waals surface area contributed by atoms with Crippen LogP contribution in [0.4, 0.5) is 16.4 Å². The van der Waals surface area contributed by atoms with E-state index in [2.05, 4.69) is 25.3 Å². The van der Waals surface area contributed by atoms with E-state index in [0.717, 1.165) is 17.7 Å². The van der Waals surface area contributed by atoms with Crippen LogP contribution in [0.1, 0.15) is 11.1 Å². The number of aliphatic hydroxyl groups is 3. The van der Waals surface area contributed by atoms with E-state index in [1.54, 1.807) is 0 Å². The summed E-state index contributed by atoms with van der Waals surface area (Å²) in [5.74, 6) is -2.43. The number of anilines is 1. The average Bonchev–Trinajstić information content (AvgIpc) is 3.48. The molecule has 2 aromatic carbocycles. The normalized spacial score (nSPS) is 20.9. The molecule has 3 heterocycles. The van der Waals surface area contributed by atoms with Gasteiger partial charge in [0.25, 0.3) is 0 Å². The Morgan fingerprint density at radius 2 is 1.78 bits per heavy atom. The van der Waals surface area contributed by atoms with E-state index >= 15 is 0 Å². The van der Waals surface area contributed by atoms with Crippen molar-refractivity contribution in [3.05, 3.63) is 76.1 Å². The number of ether oxygens (including phenoxy) is 4. The molecule has 4 aromatic rings. The SMILES string of the molecule is O=C(Nc1nc(OCc2ccccc2)c2[nH]cnc2n1)OCc1ccc(O[C@@H]2O[C@H](C(=O)[O-])[C@@H](O)[C@H](O)[C@H]2O)c([N+](=O)[O-])c1.[Na+]. The van der Waals surface area contributed by atoms with E-state index in [0.29, 0.717) is 5.52 Å². The number of aliphatic hydroxyl groups excluding tert-OH is 3. The van der Waals surface area contributed by atoms with Crippen LogP contribution in [-0.2, 0) is 27.5 Å². The summed E-state index contributed by atoms with van der Waals surface area (Å²) < 4.78 is 21.1. The first-order valence-electron chi connectivity index (χ1n) is 12.8. The number of aromatic nitrogens is 4. The molecular formula is C26H23N6NaO12. The van der Waals surface area contributed by atoms with Crippen molar-refractivity contribution in [2.75, 3.05) is 5.32 Å². The first kappa shape index (κ1) is 33.5. The quantitative estimate of drug-likeness (QED) is 0.0644. The van der Waals surface area contributed by atoms with Crippen molar-refractivity contribution >= 4 is 34.9 Å². The molecule has 2 aromatic heterocycles. The van der Waals surface area contributed by atoms with Gasteiger partial charge in [0.15, 0.2) is 11.4 Å². The van der Waals surface area contributed by atoms with E-state index in [4.69, 9.17) is 18.9 Å². The Kier molecular flexibility index (Phi) is 10.8. The number of hydrogen-bond acceptors (Lipinski definition) is 15. The Morgan fingerprint density at radius 3 is 2.49 bits per heavy atom. The second-order valence-corrected chi connectivity index (χ2v) is 9.32. The number of nitrogens with zero attached hydrogens (tertiary/aromatic N) is 4. The van der Waals surface area contributed by atoms with Crippen LogP contribution in [0, 0.1) is 10.1 Å². The number of aliphatic carboxylic acids is 1. The van der Waals surface area contributed by atoms with Gasteiger partial charge in [0.1, 0.15) is 43.1 Å². The standard InChI is InChI=1S/C26H24N6O12.Na/c33-17-18(34)20(23(36)37)44-24(19(17)35)43-15-7-6-13(8-14(15)32(39)40)10-42-26(38)31-25-29-21-16(27-11-28-21)22(30-25)41-9-12-4-2-1-3-5-12;/h1-8,11,17-20,24,33-35H,9-10H2,(H,36,37)(H2,27,28,29,30,31,38);/q;+1/p-1/t17-,18-,19+,20-,24+;/m0./s1. The molecule has 45 heavy (non-hydrogen) atoms. The third-order valence-corrected chi connectivity index (χ3v) is 6.32. The fraction of sp³-hybridized carbons (Fsp3) is 0.269. The molecule has 5 N–H and O–H groups in total. The van der Waals surface area contributed by atoms with Crippen molar-refractivity contribution < 1.29 is 83.4 Å². The number of nitro groups is 1. The summed E-state index contributed by atoms with van der Waals surface area (Å²) in [5.41, 5.74) is 0.966. The molecule has 5 atom stereocenters. The zero-order chi connectivity index (χ0) is 31.4. The molecule has 0 radical (unpaired) electrons. The zero-order valence-corrected chi connectivity index (χ0v) is 25.3. The van der Waals surface area contributed by atoms with Crippen LogP contribution in [-0.4, -0.2) is 82.9 Å². The number of rotatable bonds is 10. The van der Waals surface area contributed by atoms with Crippen molar-refractivity contribution in [3.63, 3.8) is 0 Å². The van der Waals surface area contributed by atoms with E-state index < -0.39 is 65.7 Å². The van der Waals surface area contributed by atoms with E-state index in [9.17, 15) is 40.1 Å². The molecule has 0 aliphatic carbocycles. The monoisotopic (exact) mass is 634 g/mol. The number of carboxylic acids is 1. The van der Waals surface area contributed by atoms with Crippen LogP contribution in [0.25, 0.3) is 11.2 Å². The molecule has 18 nitrogen and oxygen atoms in total. The summed E-state index contributed by atoms with van der Waals surface area (Å²) in [5, 5.41) is 55.1. The average molecular weight is 634 g/mol. The molecule has 1 saturated heterocycles. The van der Waals surface area contributed by atoms with Crippen LogP contribution in [0.15, 0.2) is 54.9 Å². The fourth-order valence-corrected chi connectivity index (χ4v) is 4.13. The van der Waals surface area contributed by atoms with Gasteiger partial charge in [-0.3, -0.25) is 15.4 Å². The Morgan fingerprint density at radius 1 is 1.02 bits per heavy atom. The predicted molar refractivity (Wildman–Crippen MR) is 142 cm³/mol. The van der Waals surface area contributed by atoms with Crippen LogP contribution >= 0.6 is 0 Å². The van der Waals surface area contributed by atoms with Gasteiger partial charge in [-0.1, -0.05) is 36.4 Å². The van der Waals surface area contributed by atoms with Crippen LogP contribution in [0.5, 0.6) is 11.6 Å². The third-order valence-electron chi connectivity index (χ3n) is 6.32. The minimum atomic E-state index is -2.08. The smallest absolute Gasteiger partial charge is 0.547 e. The number of aromatic amines is 1. The van der Waals surface area contributed by atoms with Crippen LogP contribution < -0.4 is 49.5 Å². The maximum atomic E-state index is 12.5. The minimum Gasteiger partial charge on any atom is -0.547 e. The number of hydrogen-bond donors (Lipinski definition) is 5. The maximum absolute atomic E-state index is 12.5. The summed E-state index contributed by atoms with van der Waals surface area (Å²) in [6.45, 7) is -0.269. The number of benzene rings is 2. The first-order chi connectivity index (χ1) is 21.1. The molecule has 1 aliphatic rings. The summed E-state index contributed by atoms with van der Waals surface area (Å²) in [7, 11) is 0. The number of H-pyrrole nitrogens is 1. The number of carbonyl (C=O) groups is 2. The molecule has 0 saturated carbocycles. The molecule has 19 heteroatoms. The van der Waals surface area contributed by atoms with Crippen molar-refractivity contribution in [1.82, 2.24) is 19.9 Å². The molecule has 230 valence electrons. The number of fused-ring (bicyclic) bond motifs is 1. The van der Waals surface area contributed by atoms with Crippen molar-refractivity contribution in [1.29, 1.82) is 0 Å². The molecule has 1 fully saturated rings. The van der Waals surface area contributed by atoms with Gasteiger partial charge in [-0.15, -0.1) is 0 Å². The second kappa shape index (κ2) is 14.6. The molecule has 0 bridgehead atoms. The van der Waals surface area contributed by atoms with Gasteiger partial charge in [0.05, 0.1) is 17.2 Å². The first-order valence-corrected chi connectivity index (χ1v) is 12.8. The second-order valence-electron chi connectivity index (χ2n) is 9.32. The van der Waals surface area contributed by atoms with Gasteiger partial charge in [-0.2, -0.15) is 9.97 Å². The Balaban J connectivity index is 0.00000461. The fourth-order valence-electron chi connectivity index (χ4n) is 4.13. The molecule has 0 spiro atoms. The largest absolute Gasteiger partial charge is 1.00 e. The molecule has 5 rings (SSSR count). The number of nitro benzene ring substituents is 1. The maximum Gasteiger partial charge on any atom is 1.00 e. The van der Waals surface area contributed by atoms with Gasteiger partial charge >= 0.3 is 41.3 Å². The number of nitrogens with one attached hydrogen (secondary N) is 2. The Hall–Kier alpha value is -4.43. The Labute approximate surface area is 274 Å². The van der Waals surface area contributed by atoms with Crippen molar-refractivity contribution in [2.24, 2.45) is 0 Å². The van der Waals surface area contributed by atoms with Crippen molar-refractivity contribution in [2.45, 2.75) is 43.9 Å². The topological polar surface area (TPSA) is 264 Å². The van der Waals surface area contributed by atoms with Crippen molar-refractivity contribution in [3.8, 4) is 11.6 Å². The number of carboxylic acid groups (broad SMARTS) is 1. The zero-order valence-electron chi connectivity index (χ0n) is 23.3. The summed E-state index contributed by atoms with van der Waals surface area (Å²) in [6, 6.07) is 12.7. The van der Waals surface area contributed by atoms with Gasteiger partial charge in [-0.05, 0) is 17.2 Å². The van der Waals surface area contributed by atoms with Gasteiger partial charge in [0.2, 0.25) is 18.1 Å². The Bertz CT molecular complexity index is 1670.